The van der Waals surface area contributed by atoms with E-state index >= 15 is 0 Å². The van der Waals surface area contributed by atoms with Crippen molar-refractivity contribution in [3.05, 3.63) is 71.6 Å². The van der Waals surface area contributed by atoms with E-state index < -0.39 is 0 Å². The molecule has 0 spiro atoms. The molecule has 0 saturated heterocycles. The predicted molar refractivity (Wildman–Crippen MR) is 86.8 cm³/mol. The largest absolute Gasteiger partial charge is 0.316 e. The van der Waals surface area contributed by atoms with Crippen LogP contribution < -0.4 is 5.32 Å². The lowest BCUT2D eigenvalue weighted by atomic mass is 10.1. The molecule has 1 aromatic heterocycles. The van der Waals surface area contributed by atoms with Gasteiger partial charge >= 0.3 is 0 Å². The van der Waals surface area contributed by atoms with Crippen molar-refractivity contribution in [1.82, 2.24) is 14.9 Å². The van der Waals surface area contributed by atoms with Crippen molar-refractivity contribution < 1.29 is 0 Å². The Morgan fingerprint density at radius 2 is 2.00 bits per heavy atom. The van der Waals surface area contributed by atoms with Crippen LogP contribution in [-0.4, -0.2) is 16.6 Å². The predicted octanol–water partition coefficient (Wildman–Crippen LogP) is 3.91. The molecule has 0 fully saturated rings. The van der Waals surface area contributed by atoms with Crippen LogP contribution in [-0.2, 0) is 6.54 Å². The van der Waals surface area contributed by atoms with Gasteiger partial charge in [0.1, 0.15) is 0 Å². The van der Waals surface area contributed by atoms with Gasteiger partial charge in [-0.15, -0.1) is 0 Å². The van der Waals surface area contributed by atoms with Crippen LogP contribution in [0, 0.1) is 0 Å². The molecule has 3 rings (SSSR count). The molecule has 0 aliphatic carbocycles. The molecule has 106 valence electrons. The van der Waals surface area contributed by atoms with Gasteiger partial charge in [-0.05, 0) is 30.8 Å². The van der Waals surface area contributed by atoms with Gasteiger partial charge in [-0.25, -0.2) is 4.98 Å². The minimum Gasteiger partial charge on any atom is -0.316 e. The summed E-state index contributed by atoms with van der Waals surface area (Å²) in [5.74, 6) is 0. The van der Waals surface area contributed by atoms with Gasteiger partial charge in [0.15, 0.2) is 0 Å². The number of halogens is 1. The van der Waals surface area contributed by atoms with Gasteiger partial charge in [-0.2, -0.15) is 0 Å². The number of hydrogen-bond acceptors (Lipinski definition) is 2. The van der Waals surface area contributed by atoms with E-state index in [2.05, 4.69) is 27.0 Å². The van der Waals surface area contributed by atoms with Crippen molar-refractivity contribution in [3.8, 4) is 16.9 Å². The molecule has 4 heteroatoms. The maximum atomic E-state index is 6.10. The molecular weight excluding hydrogens is 282 g/mol. The van der Waals surface area contributed by atoms with Gasteiger partial charge in [-0.3, -0.25) is 4.57 Å². The first-order valence-corrected chi connectivity index (χ1v) is 7.18. The van der Waals surface area contributed by atoms with Gasteiger partial charge in [0.2, 0.25) is 0 Å². The molecule has 21 heavy (non-hydrogen) atoms. The van der Waals surface area contributed by atoms with Crippen LogP contribution in [0.4, 0.5) is 0 Å². The Hall–Kier alpha value is -2.10. The Morgan fingerprint density at radius 3 is 2.81 bits per heavy atom. The summed E-state index contributed by atoms with van der Waals surface area (Å²) in [5, 5.41) is 3.93. The monoisotopic (exact) mass is 297 g/mol. The Bertz CT molecular complexity index is 749. The molecule has 0 bridgehead atoms. The summed E-state index contributed by atoms with van der Waals surface area (Å²) in [6.45, 7) is 0.809. The average molecular weight is 298 g/mol. The maximum absolute atomic E-state index is 6.10. The highest BCUT2D eigenvalue weighted by molar-refractivity contribution is 6.30. The summed E-state index contributed by atoms with van der Waals surface area (Å²) in [5.41, 5.74) is 4.43. The average Bonchev–Trinajstić information content (AvgIpc) is 2.97. The topological polar surface area (TPSA) is 29.9 Å². The van der Waals surface area contributed by atoms with E-state index in [1.165, 1.54) is 5.56 Å². The first kappa shape index (κ1) is 13.9. The Kier molecular flexibility index (Phi) is 4.04. The quantitative estimate of drug-likeness (QED) is 0.791. The second-order valence-electron chi connectivity index (χ2n) is 4.82. The van der Waals surface area contributed by atoms with Gasteiger partial charge in [0.05, 0.1) is 23.9 Å². The third-order valence-corrected chi connectivity index (χ3v) is 3.61. The third-order valence-electron chi connectivity index (χ3n) is 3.38. The molecule has 3 aromatic rings. The molecule has 3 nitrogen and oxygen atoms in total. The van der Waals surface area contributed by atoms with Crippen molar-refractivity contribution in [3.63, 3.8) is 0 Å². The standard InChI is InChI=1S/C17H16ClN3/c1-19-10-14-5-2-3-8-16(14)21-12-20-11-17(21)13-6-4-7-15(18)9-13/h2-9,11-12,19H,10H2,1H3. The highest BCUT2D eigenvalue weighted by Gasteiger charge is 2.10. The highest BCUT2D eigenvalue weighted by Crippen LogP contribution is 2.26. The number of nitrogens with one attached hydrogen (secondary N) is 1. The van der Waals surface area contributed by atoms with Gasteiger partial charge in [0, 0.05) is 17.1 Å². The zero-order valence-electron chi connectivity index (χ0n) is 11.8. The number of imidazole rings is 1. The second-order valence-corrected chi connectivity index (χ2v) is 5.25. The first-order chi connectivity index (χ1) is 10.3. The summed E-state index contributed by atoms with van der Waals surface area (Å²) >= 11 is 6.10. The molecular formula is C17H16ClN3. The molecule has 1 N–H and O–H groups in total. The van der Waals surface area contributed by atoms with Crippen molar-refractivity contribution in [1.29, 1.82) is 0 Å². The van der Waals surface area contributed by atoms with E-state index in [9.17, 15) is 0 Å². The van der Waals surface area contributed by atoms with Crippen molar-refractivity contribution in [2.24, 2.45) is 0 Å². The third kappa shape index (κ3) is 2.84. The van der Waals surface area contributed by atoms with Gasteiger partial charge < -0.3 is 5.32 Å². The fraction of sp³-hybridized carbons (Fsp3) is 0.118. The molecule has 0 unspecified atom stereocenters. The van der Waals surface area contributed by atoms with Gasteiger partial charge in [-0.1, -0.05) is 41.9 Å². The molecule has 0 saturated carbocycles. The normalized spacial score (nSPS) is 10.8. The van der Waals surface area contributed by atoms with Crippen LogP contribution in [0.2, 0.25) is 5.02 Å². The fourth-order valence-electron chi connectivity index (χ4n) is 2.43. The number of hydrogen-bond donors (Lipinski definition) is 1. The molecule has 0 atom stereocenters. The molecule has 1 heterocycles. The lowest BCUT2D eigenvalue weighted by molar-refractivity contribution is 0.808. The van der Waals surface area contributed by atoms with Crippen LogP contribution in [0.5, 0.6) is 0 Å². The van der Waals surface area contributed by atoms with E-state index in [1.54, 1.807) is 0 Å². The lowest BCUT2D eigenvalue weighted by Gasteiger charge is -2.13. The molecule has 2 aromatic carbocycles. The number of rotatable bonds is 4. The van der Waals surface area contributed by atoms with Crippen LogP contribution in [0.1, 0.15) is 5.56 Å². The summed E-state index contributed by atoms with van der Waals surface area (Å²) in [4.78, 5) is 4.31. The maximum Gasteiger partial charge on any atom is 0.0997 e. The highest BCUT2D eigenvalue weighted by atomic mass is 35.5. The summed E-state index contributed by atoms with van der Waals surface area (Å²) < 4.78 is 2.10. The minimum absolute atomic E-state index is 0.726. The van der Waals surface area contributed by atoms with Crippen molar-refractivity contribution >= 4 is 11.6 Å². The van der Waals surface area contributed by atoms with Crippen molar-refractivity contribution in [2.75, 3.05) is 7.05 Å². The van der Waals surface area contributed by atoms with E-state index in [0.717, 1.165) is 28.5 Å². The smallest absolute Gasteiger partial charge is 0.0997 e. The fourth-order valence-corrected chi connectivity index (χ4v) is 2.62. The molecule has 0 aliphatic rings. The van der Waals surface area contributed by atoms with E-state index in [4.69, 9.17) is 11.6 Å². The number of para-hydroxylation sites is 1. The van der Waals surface area contributed by atoms with Gasteiger partial charge in [0.25, 0.3) is 0 Å². The Morgan fingerprint density at radius 1 is 1.14 bits per heavy atom. The first-order valence-electron chi connectivity index (χ1n) is 6.81. The SMILES string of the molecule is CNCc1ccccc1-n1cncc1-c1cccc(Cl)c1. The van der Waals surface area contributed by atoms with E-state index in [1.807, 2.05) is 56.0 Å². The van der Waals surface area contributed by atoms with Crippen molar-refractivity contribution in [2.45, 2.75) is 6.54 Å². The number of aromatic nitrogens is 2. The Balaban J connectivity index is 2.11. The van der Waals surface area contributed by atoms with Crippen LogP contribution in [0.3, 0.4) is 0 Å². The minimum atomic E-state index is 0.726. The molecule has 0 amide bonds. The van der Waals surface area contributed by atoms with Crippen LogP contribution in [0.15, 0.2) is 61.1 Å². The summed E-state index contributed by atoms with van der Waals surface area (Å²) in [6.07, 6.45) is 3.70. The number of benzene rings is 2. The zero-order chi connectivity index (χ0) is 14.7. The van der Waals surface area contributed by atoms with E-state index in [-0.39, 0.29) is 0 Å². The number of nitrogens with zero attached hydrogens (tertiary/aromatic N) is 2. The van der Waals surface area contributed by atoms with Crippen LogP contribution in [0.25, 0.3) is 16.9 Å². The van der Waals surface area contributed by atoms with E-state index in [0.29, 0.717) is 0 Å². The lowest BCUT2D eigenvalue weighted by Crippen LogP contribution is -2.09. The summed E-state index contributed by atoms with van der Waals surface area (Å²) in [7, 11) is 1.95. The second kappa shape index (κ2) is 6.12. The molecule has 0 radical (unpaired) electrons. The Labute approximate surface area is 129 Å². The van der Waals surface area contributed by atoms with Crippen LogP contribution >= 0.6 is 11.6 Å². The zero-order valence-corrected chi connectivity index (χ0v) is 12.5. The summed E-state index contributed by atoms with van der Waals surface area (Å²) in [6, 6.07) is 16.1. The molecule has 0 aliphatic heterocycles.